The fourth-order valence-electron chi connectivity index (χ4n) is 6.87. The first-order valence-electron chi connectivity index (χ1n) is 13.0. The predicted octanol–water partition coefficient (Wildman–Crippen LogP) is 1.80. The molecule has 3 unspecified atom stereocenters. The molecule has 2 bridgehead atoms. The molecule has 3 aliphatic rings. The number of aliphatic hydroxyl groups is 1. The zero-order valence-corrected chi connectivity index (χ0v) is 21.3. The number of amides is 3. The highest BCUT2D eigenvalue weighted by molar-refractivity contribution is 5.99. The lowest BCUT2D eigenvalue weighted by atomic mass is 9.65. The molecule has 1 aromatic rings. The van der Waals surface area contributed by atoms with Gasteiger partial charge in [0.25, 0.3) is 0 Å². The quantitative estimate of drug-likeness (QED) is 0.468. The maximum atomic E-state index is 14.2. The molecule has 0 saturated carbocycles. The molecule has 35 heavy (non-hydrogen) atoms. The second-order valence-corrected chi connectivity index (χ2v) is 10.4. The summed E-state index contributed by atoms with van der Waals surface area (Å²) in [7, 11) is 1.57. The lowest BCUT2D eigenvalue weighted by Crippen LogP contribution is -2.59. The van der Waals surface area contributed by atoms with Gasteiger partial charge in [-0.1, -0.05) is 50.6 Å². The number of fused-ring (bicyclic) bond motifs is 1. The summed E-state index contributed by atoms with van der Waals surface area (Å²) in [6, 6.07) is 8.07. The van der Waals surface area contributed by atoms with Gasteiger partial charge < -0.3 is 25.4 Å². The van der Waals surface area contributed by atoms with E-state index in [0.717, 1.165) is 18.4 Å². The van der Waals surface area contributed by atoms with Gasteiger partial charge >= 0.3 is 0 Å². The van der Waals surface area contributed by atoms with Gasteiger partial charge in [0.2, 0.25) is 17.7 Å². The zero-order valence-electron chi connectivity index (χ0n) is 21.3. The van der Waals surface area contributed by atoms with Gasteiger partial charge in [-0.05, 0) is 44.6 Å². The van der Waals surface area contributed by atoms with E-state index in [2.05, 4.69) is 17.6 Å². The van der Waals surface area contributed by atoms with E-state index in [-0.39, 0.29) is 30.4 Å². The average molecular weight is 486 g/mol. The molecule has 0 aliphatic carbocycles. The predicted molar refractivity (Wildman–Crippen MR) is 131 cm³/mol. The van der Waals surface area contributed by atoms with Crippen molar-refractivity contribution in [2.75, 3.05) is 13.7 Å². The fraction of sp³-hybridized carbons (Fsp3) is 0.667. The molecule has 3 N–H and O–H groups in total. The van der Waals surface area contributed by atoms with Crippen molar-refractivity contribution >= 4 is 17.7 Å². The molecular formula is C27H39N3O5. The minimum absolute atomic E-state index is 0.0601. The molecule has 0 radical (unpaired) electrons. The Kier molecular flexibility index (Phi) is 7.25. The van der Waals surface area contributed by atoms with Crippen LogP contribution in [0.4, 0.5) is 0 Å². The van der Waals surface area contributed by atoms with E-state index in [1.54, 1.807) is 11.9 Å². The van der Waals surface area contributed by atoms with Gasteiger partial charge in [-0.3, -0.25) is 14.4 Å². The van der Waals surface area contributed by atoms with Crippen LogP contribution in [-0.4, -0.2) is 70.7 Å². The first-order chi connectivity index (χ1) is 16.8. The molecule has 3 aliphatic heterocycles. The van der Waals surface area contributed by atoms with Crippen LogP contribution < -0.4 is 10.6 Å². The summed E-state index contributed by atoms with van der Waals surface area (Å²) in [6.07, 6.45) is 3.89. The molecule has 0 aromatic heterocycles. The largest absolute Gasteiger partial charge is 0.394 e. The molecule has 4 rings (SSSR count). The van der Waals surface area contributed by atoms with Crippen LogP contribution in [0.25, 0.3) is 0 Å². The number of hydrogen-bond donors (Lipinski definition) is 3. The second kappa shape index (κ2) is 9.90. The number of rotatable bonds is 10. The van der Waals surface area contributed by atoms with Crippen LogP contribution >= 0.6 is 0 Å². The normalized spacial score (nSPS) is 32.9. The van der Waals surface area contributed by atoms with Crippen molar-refractivity contribution in [3.8, 4) is 0 Å². The Balaban J connectivity index is 1.77. The Bertz CT molecular complexity index is 955. The summed E-state index contributed by atoms with van der Waals surface area (Å²) in [5.74, 6) is -2.18. The molecule has 3 saturated heterocycles. The van der Waals surface area contributed by atoms with Crippen molar-refractivity contribution in [1.82, 2.24) is 15.5 Å². The number of aliphatic hydroxyl groups excluding tert-OH is 1. The van der Waals surface area contributed by atoms with E-state index < -0.39 is 35.1 Å². The summed E-state index contributed by atoms with van der Waals surface area (Å²) >= 11 is 0. The molecule has 3 fully saturated rings. The summed E-state index contributed by atoms with van der Waals surface area (Å²) in [5.41, 5.74) is -0.871. The van der Waals surface area contributed by atoms with Gasteiger partial charge in [0, 0.05) is 13.1 Å². The fourth-order valence-corrected chi connectivity index (χ4v) is 6.87. The van der Waals surface area contributed by atoms with Crippen LogP contribution in [0.1, 0.15) is 58.4 Å². The van der Waals surface area contributed by atoms with E-state index in [4.69, 9.17) is 4.74 Å². The number of carbonyl (C=O) groups is 3. The third-order valence-corrected chi connectivity index (χ3v) is 8.42. The number of benzene rings is 1. The lowest BCUT2D eigenvalue weighted by Gasteiger charge is -2.38. The molecule has 8 nitrogen and oxygen atoms in total. The number of likely N-dealkylation sites (tertiary alicyclic amines) is 1. The first kappa shape index (κ1) is 25.6. The van der Waals surface area contributed by atoms with E-state index in [1.165, 1.54) is 0 Å². The van der Waals surface area contributed by atoms with Crippen LogP contribution in [-0.2, 0) is 25.5 Å². The minimum atomic E-state index is -1.08. The van der Waals surface area contributed by atoms with Gasteiger partial charge in [-0.25, -0.2) is 0 Å². The maximum Gasteiger partial charge on any atom is 0.246 e. The number of nitrogens with one attached hydrogen (secondary N) is 2. The molecule has 7 atom stereocenters. The van der Waals surface area contributed by atoms with Crippen LogP contribution in [0.15, 0.2) is 30.3 Å². The van der Waals surface area contributed by atoms with Crippen molar-refractivity contribution in [2.45, 2.75) is 88.6 Å². The van der Waals surface area contributed by atoms with Crippen molar-refractivity contribution < 1.29 is 24.2 Å². The average Bonchev–Trinajstić information content (AvgIpc) is 3.46. The highest BCUT2D eigenvalue weighted by atomic mass is 16.5. The number of ether oxygens (including phenoxy) is 1. The van der Waals surface area contributed by atoms with Crippen molar-refractivity contribution in [2.24, 2.45) is 11.8 Å². The lowest BCUT2D eigenvalue weighted by molar-refractivity contribution is -0.151. The smallest absolute Gasteiger partial charge is 0.246 e. The number of hydrogen-bond acceptors (Lipinski definition) is 5. The summed E-state index contributed by atoms with van der Waals surface area (Å²) in [4.78, 5) is 42.7. The SMILES string of the molecule is CCCC(C)NC(=O)C1N([C@@H](CO)Cc2ccccc2)C(=O)[C@@H]2[C@@H](C(=O)NC)[C@@]3(CC)CCC12O3. The molecule has 3 amide bonds. The minimum Gasteiger partial charge on any atom is -0.394 e. The van der Waals surface area contributed by atoms with Crippen molar-refractivity contribution in [3.05, 3.63) is 35.9 Å². The summed E-state index contributed by atoms with van der Waals surface area (Å²) in [5, 5.41) is 16.3. The number of nitrogens with zero attached hydrogens (tertiary/aromatic N) is 1. The topological polar surface area (TPSA) is 108 Å². The molecular weight excluding hydrogens is 446 g/mol. The number of carbonyl (C=O) groups excluding carboxylic acids is 3. The van der Waals surface area contributed by atoms with Gasteiger partial charge in [-0.15, -0.1) is 0 Å². The Labute approximate surface area is 207 Å². The monoisotopic (exact) mass is 485 g/mol. The zero-order chi connectivity index (χ0) is 25.4. The summed E-state index contributed by atoms with van der Waals surface area (Å²) in [6.45, 7) is 5.70. The van der Waals surface area contributed by atoms with Crippen molar-refractivity contribution in [3.63, 3.8) is 0 Å². The highest BCUT2D eigenvalue weighted by Gasteiger charge is 2.79. The van der Waals surface area contributed by atoms with Gasteiger partial charge in [0.1, 0.15) is 11.6 Å². The Hall–Kier alpha value is -2.45. The molecule has 3 heterocycles. The van der Waals surface area contributed by atoms with Gasteiger partial charge in [0.05, 0.1) is 30.1 Å². The van der Waals surface area contributed by atoms with Crippen LogP contribution in [0.5, 0.6) is 0 Å². The summed E-state index contributed by atoms with van der Waals surface area (Å²) < 4.78 is 6.71. The van der Waals surface area contributed by atoms with Crippen LogP contribution in [0.2, 0.25) is 0 Å². The van der Waals surface area contributed by atoms with Crippen LogP contribution in [0, 0.1) is 11.8 Å². The van der Waals surface area contributed by atoms with Crippen molar-refractivity contribution in [1.29, 1.82) is 0 Å². The van der Waals surface area contributed by atoms with E-state index in [1.807, 2.05) is 44.2 Å². The third-order valence-electron chi connectivity index (χ3n) is 8.42. The standard InChI is InChI=1S/C27H39N3O5/c1-5-10-17(3)29-24(33)22-27-14-13-26(6-2,35-27)20(23(32)28-4)21(27)25(34)30(22)19(16-31)15-18-11-8-7-9-12-18/h7-9,11-12,17,19-22,31H,5-6,10,13-16H2,1-4H3,(H,28,32)(H,29,33)/t17?,19-,20+,21+,22?,26-,27?/m1/s1. The molecule has 1 aromatic carbocycles. The Morgan fingerprint density at radius 3 is 2.51 bits per heavy atom. The highest BCUT2D eigenvalue weighted by Crippen LogP contribution is 2.64. The third kappa shape index (κ3) is 4.04. The Morgan fingerprint density at radius 1 is 1.20 bits per heavy atom. The van der Waals surface area contributed by atoms with E-state index >= 15 is 0 Å². The van der Waals surface area contributed by atoms with E-state index in [9.17, 15) is 19.5 Å². The van der Waals surface area contributed by atoms with Gasteiger partial charge in [0.15, 0.2) is 0 Å². The van der Waals surface area contributed by atoms with Gasteiger partial charge in [-0.2, -0.15) is 0 Å². The molecule has 8 heteroatoms. The molecule has 192 valence electrons. The second-order valence-electron chi connectivity index (χ2n) is 10.4. The first-order valence-corrected chi connectivity index (χ1v) is 13.0. The van der Waals surface area contributed by atoms with E-state index in [0.29, 0.717) is 25.7 Å². The maximum absolute atomic E-state index is 14.2. The Morgan fingerprint density at radius 2 is 1.91 bits per heavy atom. The molecule has 1 spiro atoms. The van der Waals surface area contributed by atoms with Crippen LogP contribution in [0.3, 0.4) is 0 Å².